The van der Waals surface area contributed by atoms with Crippen LogP contribution in [-0.2, 0) is 17.6 Å². The van der Waals surface area contributed by atoms with Crippen LogP contribution in [0.15, 0.2) is 59.0 Å². The molecule has 0 spiro atoms. The molecule has 9 heteroatoms. The molecule has 0 fully saturated rings. The van der Waals surface area contributed by atoms with E-state index in [0.29, 0.717) is 47.0 Å². The van der Waals surface area contributed by atoms with Crippen molar-refractivity contribution in [2.75, 3.05) is 20.8 Å². The molecule has 0 saturated carbocycles. The maximum absolute atomic E-state index is 15.3. The first-order chi connectivity index (χ1) is 18.3. The van der Waals surface area contributed by atoms with Crippen LogP contribution in [0.1, 0.15) is 34.2 Å². The van der Waals surface area contributed by atoms with E-state index in [9.17, 15) is 9.18 Å². The summed E-state index contributed by atoms with van der Waals surface area (Å²) in [7, 11) is 3.07. The van der Waals surface area contributed by atoms with Crippen LogP contribution in [0.25, 0.3) is 11.5 Å². The van der Waals surface area contributed by atoms with Crippen molar-refractivity contribution in [3.05, 3.63) is 99.4 Å². The predicted molar refractivity (Wildman–Crippen MR) is 139 cm³/mol. The summed E-state index contributed by atoms with van der Waals surface area (Å²) in [5.41, 5.74) is 2.70. The Balaban J connectivity index is 1.55. The molecule has 0 N–H and O–H groups in total. The molecule has 0 bridgehead atoms. The normalized spacial score (nSPS) is 14.8. The van der Waals surface area contributed by atoms with Gasteiger partial charge in [0.1, 0.15) is 17.4 Å². The van der Waals surface area contributed by atoms with Crippen LogP contribution in [0.3, 0.4) is 0 Å². The Kier molecular flexibility index (Phi) is 7.08. The van der Waals surface area contributed by atoms with Gasteiger partial charge in [-0.15, -0.1) is 0 Å². The van der Waals surface area contributed by atoms with E-state index in [2.05, 4.69) is 4.98 Å². The number of aromatic nitrogens is 1. The third-order valence-corrected chi connectivity index (χ3v) is 7.08. The molecule has 2 heterocycles. The number of carbonyl (C=O) groups excluding carboxylic acids is 1. The van der Waals surface area contributed by atoms with E-state index in [1.807, 2.05) is 6.07 Å². The zero-order valence-electron chi connectivity index (χ0n) is 21.1. The van der Waals surface area contributed by atoms with Gasteiger partial charge in [-0.2, -0.15) is 0 Å². The molecule has 38 heavy (non-hydrogen) atoms. The van der Waals surface area contributed by atoms with Gasteiger partial charge in [-0.05, 0) is 66.9 Å². The van der Waals surface area contributed by atoms with Crippen molar-refractivity contribution >= 4 is 17.5 Å². The Morgan fingerprint density at radius 2 is 1.84 bits per heavy atom. The largest absolute Gasteiger partial charge is 0.493 e. The summed E-state index contributed by atoms with van der Waals surface area (Å²) in [6.07, 6.45) is 0.437. The summed E-state index contributed by atoms with van der Waals surface area (Å²) in [6.45, 7) is 2.02. The molecule has 1 atom stereocenters. The van der Waals surface area contributed by atoms with E-state index in [1.54, 1.807) is 43.2 Å². The number of ether oxygens (including phenoxy) is 2. The molecule has 0 radical (unpaired) electrons. The van der Waals surface area contributed by atoms with Gasteiger partial charge in [0.25, 0.3) is 0 Å². The summed E-state index contributed by atoms with van der Waals surface area (Å²) in [5.74, 6) is 0.462. The Morgan fingerprint density at radius 1 is 1.11 bits per heavy atom. The van der Waals surface area contributed by atoms with Crippen molar-refractivity contribution in [3.8, 4) is 23.0 Å². The number of hydrogen-bond donors (Lipinski definition) is 0. The minimum Gasteiger partial charge on any atom is -0.493 e. The van der Waals surface area contributed by atoms with Gasteiger partial charge in [0.15, 0.2) is 11.5 Å². The number of rotatable bonds is 6. The summed E-state index contributed by atoms with van der Waals surface area (Å²) in [5, 5.41) is 0.210. The average Bonchev–Trinajstić information content (AvgIpc) is 3.27. The van der Waals surface area contributed by atoms with Gasteiger partial charge in [0, 0.05) is 22.7 Å². The Bertz CT molecular complexity index is 1500. The number of methoxy groups -OCH3 is 2. The number of fused-ring (bicyclic) bond motifs is 1. The van der Waals surface area contributed by atoms with E-state index >= 15 is 4.39 Å². The topological polar surface area (TPSA) is 64.8 Å². The molecule has 0 saturated heterocycles. The van der Waals surface area contributed by atoms with Gasteiger partial charge < -0.3 is 18.8 Å². The molecule has 4 aromatic rings. The number of benzene rings is 3. The first-order valence-electron chi connectivity index (χ1n) is 12.0. The third kappa shape index (κ3) is 4.72. The lowest BCUT2D eigenvalue weighted by Gasteiger charge is -2.38. The van der Waals surface area contributed by atoms with Crippen LogP contribution in [-0.4, -0.2) is 36.6 Å². The first-order valence-corrected chi connectivity index (χ1v) is 12.4. The fraction of sp³-hybridized carbons (Fsp3) is 0.241. The monoisotopic (exact) mass is 538 g/mol. The average molecular weight is 539 g/mol. The van der Waals surface area contributed by atoms with E-state index in [-0.39, 0.29) is 28.8 Å². The number of nitrogens with zero attached hydrogens (tertiary/aromatic N) is 2. The van der Waals surface area contributed by atoms with Crippen molar-refractivity contribution in [1.82, 2.24) is 9.88 Å². The molecule has 5 rings (SSSR count). The molecular weight excluding hydrogens is 514 g/mol. The number of halogens is 3. The van der Waals surface area contributed by atoms with E-state index < -0.39 is 17.7 Å². The fourth-order valence-corrected chi connectivity index (χ4v) is 5.15. The minimum absolute atomic E-state index is 0.0875. The molecule has 0 aliphatic carbocycles. The standard InChI is InChI=1S/C29H25ClF2N2O4/c1-16-23(33-29(38-16)18-6-4-7-19(31)12-18)15-26(35)34-11-10-17-13-24(36-2)25(37-3)14-20(17)28(34)27-21(30)8-5-9-22(27)32/h4-9,12-14,28H,10-11,15H2,1-3H3. The van der Waals surface area contributed by atoms with Gasteiger partial charge in [-0.1, -0.05) is 23.7 Å². The van der Waals surface area contributed by atoms with Gasteiger partial charge in [0.05, 0.1) is 32.4 Å². The summed E-state index contributed by atoms with van der Waals surface area (Å²) < 4.78 is 45.7. The number of carbonyl (C=O) groups is 1. The van der Waals surface area contributed by atoms with E-state index in [1.165, 1.54) is 31.4 Å². The SMILES string of the molecule is COc1cc2c(cc1OC)C(c1c(F)cccc1Cl)N(C(=O)Cc1nc(-c3cccc(F)c3)oc1C)CC2. The lowest BCUT2D eigenvalue weighted by atomic mass is 9.87. The van der Waals surface area contributed by atoms with E-state index in [4.69, 9.17) is 25.5 Å². The molecule has 6 nitrogen and oxygen atoms in total. The number of hydrogen-bond acceptors (Lipinski definition) is 5. The minimum atomic E-state index is -0.797. The maximum atomic E-state index is 15.3. The highest BCUT2D eigenvalue weighted by atomic mass is 35.5. The molecule has 1 aliphatic heterocycles. The summed E-state index contributed by atoms with van der Waals surface area (Å²) in [4.78, 5) is 19.8. The van der Waals surface area contributed by atoms with Crippen LogP contribution in [0.4, 0.5) is 8.78 Å². The highest BCUT2D eigenvalue weighted by molar-refractivity contribution is 6.31. The van der Waals surface area contributed by atoms with Crippen molar-refractivity contribution < 1.29 is 27.5 Å². The Hall–Kier alpha value is -3.91. The highest BCUT2D eigenvalue weighted by Crippen LogP contribution is 2.43. The second kappa shape index (κ2) is 10.5. The Labute approximate surface area is 223 Å². The predicted octanol–water partition coefficient (Wildman–Crippen LogP) is 6.32. The second-order valence-electron chi connectivity index (χ2n) is 8.99. The molecule has 3 aromatic carbocycles. The fourth-order valence-electron chi connectivity index (χ4n) is 4.88. The van der Waals surface area contributed by atoms with Crippen LogP contribution in [0.5, 0.6) is 11.5 Å². The molecule has 1 aromatic heterocycles. The molecule has 1 aliphatic rings. The highest BCUT2D eigenvalue weighted by Gasteiger charge is 2.36. The van der Waals surface area contributed by atoms with E-state index in [0.717, 1.165) is 5.56 Å². The van der Waals surface area contributed by atoms with Crippen LogP contribution < -0.4 is 9.47 Å². The van der Waals surface area contributed by atoms with Gasteiger partial charge in [-0.3, -0.25) is 4.79 Å². The maximum Gasteiger partial charge on any atom is 0.229 e. The zero-order valence-corrected chi connectivity index (χ0v) is 21.8. The molecule has 1 unspecified atom stereocenters. The van der Waals surface area contributed by atoms with Crippen molar-refractivity contribution in [2.24, 2.45) is 0 Å². The lowest BCUT2D eigenvalue weighted by Crippen LogP contribution is -2.42. The Morgan fingerprint density at radius 3 is 2.55 bits per heavy atom. The van der Waals surface area contributed by atoms with Crippen molar-refractivity contribution in [1.29, 1.82) is 0 Å². The van der Waals surface area contributed by atoms with Gasteiger partial charge >= 0.3 is 0 Å². The number of aryl methyl sites for hydroxylation is 1. The van der Waals surface area contributed by atoms with Gasteiger partial charge in [0.2, 0.25) is 11.8 Å². The zero-order chi connectivity index (χ0) is 27.0. The number of oxazole rings is 1. The third-order valence-electron chi connectivity index (χ3n) is 6.75. The van der Waals surface area contributed by atoms with Crippen LogP contribution in [0.2, 0.25) is 5.02 Å². The van der Waals surface area contributed by atoms with Crippen molar-refractivity contribution in [3.63, 3.8) is 0 Å². The van der Waals surface area contributed by atoms with Gasteiger partial charge in [-0.25, -0.2) is 13.8 Å². The van der Waals surface area contributed by atoms with Crippen LogP contribution in [0, 0.1) is 18.6 Å². The molecule has 196 valence electrons. The van der Waals surface area contributed by atoms with Crippen LogP contribution >= 0.6 is 11.6 Å². The quantitative estimate of drug-likeness (QED) is 0.287. The van der Waals surface area contributed by atoms with Crippen molar-refractivity contribution in [2.45, 2.75) is 25.8 Å². The summed E-state index contributed by atoms with van der Waals surface area (Å²) in [6, 6.07) is 13.2. The summed E-state index contributed by atoms with van der Waals surface area (Å²) >= 11 is 6.51. The smallest absolute Gasteiger partial charge is 0.229 e. The molecular formula is C29H25ClF2N2O4. The lowest BCUT2D eigenvalue weighted by molar-refractivity contribution is -0.132. The number of amides is 1. The molecule has 1 amide bonds. The first kappa shape index (κ1) is 25.7. The second-order valence-corrected chi connectivity index (χ2v) is 9.40.